The molecule has 3 aromatic carbocycles. The second-order valence-electron chi connectivity index (χ2n) is 7.31. The van der Waals surface area contributed by atoms with E-state index in [1.165, 1.54) is 6.07 Å². The Morgan fingerprint density at radius 2 is 1.67 bits per heavy atom. The summed E-state index contributed by atoms with van der Waals surface area (Å²) >= 11 is 5.94. The number of hydrogen-bond acceptors (Lipinski definition) is 5. The van der Waals surface area contributed by atoms with Gasteiger partial charge in [-0.25, -0.2) is 10.2 Å². The summed E-state index contributed by atoms with van der Waals surface area (Å²) in [6.45, 7) is 5.39. The van der Waals surface area contributed by atoms with E-state index in [9.17, 15) is 14.4 Å². The molecule has 3 rings (SSSR count). The molecule has 7 nitrogen and oxygen atoms in total. The minimum atomic E-state index is -0.928. The van der Waals surface area contributed by atoms with Crippen LogP contribution in [0.3, 0.4) is 0 Å². The van der Waals surface area contributed by atoms with E-state index in [0.717, 1.165) is 11.1 Å². The van der Waals surface area contributed by atoms with E-state index in [1.54, 1.807) is 55.5 Å². The Morgan fingerprint density at radius 1 is 0.909 bits per heavy atom. The number of nitrogens with zero attached hydrogens (tertiary/aromatic N) is 1. The van der Waals surface area contributed by atoms with Gasteiger partial charge < -0.3 is 10.1 Å². The zero-order valence-electron chi connectivity index (χ0n) is 18.3. The van der Waals surface area contributed by atoms with Crippen LogP contribution in [-0.2, 0) is 9.59 Å². The molecule has 2 N–H and O–H groups in total. The Labute approximate surface area is 196 Å². The lowest BCUT2D eigenvalue weighted by Crippen LogP contribution is -2.33. The highest BCUT2D eigenvalue weighted by Gasteiger charge is 2.16. The summed E-state index contributed by atoms with van der Waals surface area (Å²) < 4.78 is 5.49. The molecular formula is C25H22ClN3O4. The summed E-state index contributed by atoms with van der Waals surface area (Å²) in [5.41, 5.74) is 5.77. The van der Waals surface area contributed by atoms with Crippen LogP contribution in [-0.4, -0.2) is 23.5 Å². The van der Waals surface area contributed by atoms with Gasteiger partial charge in [0, 0.05) is 16.3 Å². The van der Waals surface area contributed by atoms with Crippen LogP contribution in [0.2, 0.25) is 5.02 Å². The molecule has 33 heavy (non-hydrogen) atoms. The Kier molecular flexibility index (Phi) is 7.58. The predicted molar refractivity (Wildman–Crippen MR) is 128 cm³/mol. The van der Waals surface area contributed by atoms with E-state index in [0.29, 0.717) is 27.5 Å². The number of esters is 1. The van der Waals surface area contributed by atoms with Gasteiger partial charge in [0.05, 0.1) is 11.3 Å². The summed E-state index contributed by atoms with van der Waals surface area (Å²) in [6.07, 6.45) is 0. The van der Waals surface area contributed by atoms with Gasteiger partial charge in [0.25, 0.3) is 0 Å². The van der Waals surface area contributed by atoms with E-state index >= 15 is 0 Å². The van der Waals surface area contributed by atoms with Crippen molar-refractivity contribution in [3.63, 3.8) is 0 Å². The lowest BCUT2D eigenvalue weighted by atomic mass is 10.1. The third-order valence-corrected chi connectivity index (χ3v) is 4.94. The number of ether oxygens (including phenoxy) is 1. The molecule has 0 heterocycles. The van der Waals surface area contributed by atoms with Gasteiger partial charge in [0.15, 0.2) is 0 Å². The molecule has 0 unspecified atom stereocenters. The summed E-state index contributed by atoms with van der Waals surface area (Å²) in [4.78, 5) is 36.9. The molecule has 0 aliphatic rings. The number of hydrazone groups is 1. The Balaban J connectivity index is 1.69. The van der Waals surface area contributed by atoms with Gasteiger partial charge in [0.1, 0.15) is 5.75 Å². The third-order valence-electron chi connectivity index (χ3n) is 4.70. The maximum atomic E-state index is 12.5. The summed E-state index contributed by atoms with van der Waals surface area (Å²) in [7, 11) is 0. The fourth-order valence-electron chi connectivity index (χ4n) is 3.01. The summed E-state index contributed by atoms with van der Waals surface area (Å²) in [5.74, 6) is -2.12. The molecule has 2 amide bonds. The smallest absolute Gasteiger partial charge is 0.343 e. The summed E-state index contributed by atoms with van der Waals surface area (Å²) in [5, 5.41) is 6.97. The number of para-hydroxylation sites is 1. The molecule has 8 heteroatoms. The molecule has 0 bridgehead atoms. The normalized spacial score (nSPS) is 11.0. The van der Waals surface area contributed by atoms with Crippen molar-refractivity contribution in [3.8, 4) is 5.75 Å². The van der Waals surface area contributed by atoms with Gasteiger partial charge in [-0.1, -0.05) is 47.5 Å². The topological polar surface area (TPSA) is 96.9 Å². The molecule has 3 aromatic rings. The number of rotatable bonds is 5. The molecule has 0 saturated heterocycles. The highest BCUT2D eigenvalue weighted by molar-refractivity contribution is 6.39. The Bertz CT molecular complexity index is 1250. The molecule has 0 radical (unpaired) electrons. The second-order valence-corrected chi connectivity index (χ2v) is 7.74. The summed E-state index contributed by atoms with van der Waals surface area (Å²) in [6, 6.07) is 18.6. The molecule has 0 atom stereocenters. The van der Waals surface area contributed by atoms with Gasteiger partial charge in [-0.05, 0) is 62.7 Å². The van der Waals surface area contributed by atoms with Crippen molar-refractivity contribution >= 4 is 40.8 Å². The van der Waals surface area contributed by atoms with Crippen molar-refractivity contribution in [1.29, 1.82) is 0 Å². The highest BCUT2D eigenvalue weighted by atomic mass is 35.5. The lowest BCUT2D eigenvalue weighted by Gasteiger charge is -2.11. The number of nitrogens with one attached hydrogen (secondary N) is 2. The Morgan fingerprint density at radius 3 is 2.39 bits per heavy atom. The SMILES string of the molecule is C/C(=N\NC(=O)C(=O)Nc1ccc(C)cc1C)c1ccccc1OC(=O)c1cccc(Cl)c1. The fourth-order valence-corrected chi connectivity index (χ4v) is 3.20. The number of benzene rings is 3. The number of amides is 2. The van der Waals surface area contributed by atoms with Gasteiger partial charge in [-0.3, -0.25) is 9.59 Å². The van der Waals surface area contributed by atoms with E-state index in [1.807, 2.05) is 26.0 Å². The standard InChI is InChI=1S/C25H22ClN3O4/c1-15-11-12-21(16(2)13-15)27-23(30)24(31)29-28-17(3)20-9-4-5-10-22(20)33-25(32)18-7-6-8-19(26)14-18/h4-14H,1-3H3,(H,27,30)(H,29,31)/b28-17+. The second kappa shape index (κ2) is 10.6. The predicted octanol–water partition coefficient (Wildman–Crippen LogP) is 4.65. The average molecular weight is 464 g/mol. The fraction of sp³-hybridized carbons (Fsp3) is 0.120. The largest absolute Gasteiger partial charge is 0.422 e. The molecule has 0 aliphatic heterocycles. The van der Waals surface area contributed by atoms with Gasteiger partial charge in [0.2, 0.25) is 0 Å². The van der Waals surface area contributed by atoms with Crippen molar-refractivity contribution in [1.82, 2.24) is 5.43 Å². The van der Waals surface area contributed by atoms with Crippen LogP contribution in [0.5, 0.6) is 5.75 Å². The van der Waals surface area contributed by atoms with Crippen LogP contribution in [0.25, 0.3) is 0 Å². The minimum absolute atomic E-state index is 0.248. The van der Waals surface area contributed by atoms with Gasteiger partial charge >= 0.3 is 17.8 Å². The number of carbonyl (C=O) groups is 3. The van der Waals surface area contributed by atoms with Crippen molar-refractivity contribution in [2.24, 2.45) is 5.10 Å². The van der Waals surface area contributed by atoms with E-state index < -0.39 is 17.8 Å². The first-order valence-corrected chi connectivity index (χ1v) is 10.4. The van der Waals surface area contributed by atoms with E-state index in [4.69, 9.17) is 16.3 Å². The molecule has 0 saturated carbocycles. The zero-order chi connectivity index (χ0) is 24.0. The van der Waals surface area contributed by atoms with E-state index in [2.05, 4.69) is 15.8 Å². The van der Waals surface area contributed by atoms with E-state index in [-0.39, 0.29) is 5.75 Å². The first-order valence-electron chi connectivity index (χ1n) is 10.0. The van der Waals surface area contributed by atoms with Crippen LogP contribution < -0.4 is 15.5 Å². The van der Waals surface area contributed by atoms with Crippen LogP contribution in [0.15, 0.2) is 71.8 Å². The molecule has 0 aromatic heterocycles. The lowest BCUT2D eigenvalue weighted by molar-refractivity contribution is -0.136. The number of halogens is 1. The number of aryl methyl sites for hydroxylation is 2. The van der Waals surface area contributed by atoms with Crippen molar-refractivity contribution in [2.45, 2.75) is 20.8 Å². The molecule has 0 aliphatic carbocycles. The maximum Gasteiger partial charge on any atom is 0.343 e. The molecule has 0 spiro atoms. The maximum absolute atomic E-state index is 12.5. The average Bonchev–Trinajstić information content (AvgIpc) is 2.79. The zero-order valence-corrected chi connectivity index (χ0v) is 19.1. The van der Waals surface area contributed by atoms with Gasteiger partial charge in [-0.2, -0.15) is 5.10 Å². The van der Waals surface area contributed by atoms with Crippen molar-refractivity contribution in [3.05, 3.63) is 94.0 Å². The number of hydrogen-bond donors (Lipinski definition) is 2. The van der Waals surface area contributed by atoms with Gasteiger partial charge in [-0.15, -0.1) is 0 Å². The number of anilines is 1. The van der Waals surface area contributed by atoms with Crippen molar-refractivity contribution in [2.75, 3.05) is 5.32 Å². The molecule has 168 valence electrons. The van der Waals surface area contributed by atoms with Crippen LogP contribution in [0.4, 0.5) is 5.69 Å². The molecular weight excluding hydrogens is 442 g/mol. The van der Waals surface area contributed by atoms with Crippen LogP contribution in [0, 0.1) is 13.8 Å². The first-order chi connectivity index (χ1) is 15.7. The third kappa shape index (κ3) is 6.27. The van der Waals surface area contributed by atoms with Crippen LogP contribution >= 0.6 is 11.6 Å². The first kappa shape index (κ1) is 23.7. The quantitative estimate of drug-likeness (QED) is 0.189. The molecule has 0 fully saturated rings. The Hall–Kier alpha value is -3.97. The number of carbonyl (C=O) groups excluding carboxylic acids is 3. The monoisotopic (exact) mass is 463 g/mol. The minimum Gasteiger partial charge on any atom is -0.422 e. The highest BCUT2D eigenvalue weighted by Crippen LogP contribution is 2.21. The van der Waals surface area contributed by atoms with Crippen LogP contribution in [0.1, 0.15) is 34.0 Å². The van der Waals surface area contributed by atoms with Crippen molar-refractivity contribution < 1.29 is 19.1 Å².